The van der Waals surface area contributed by atoms with E-state index in [2.05, 4.69) is 58.3 Å². The van der Waals surface area contributed by atoms with Gasteiger partial charge in [0.2, 0.25) is 0 Å². The second-order valence-corrected chi connectivity index (χ2v) is 8.99. The van der Waals surface area contributed by atoms with Crippen molar-refractivity contribution in [3.05, 3.63) is 71.7 Å². The van der Waals surface area contributed by atoms with E-state index in [0.717, 1.165) is 4.47 Å². The molecule has 10 heteroatoms. The first-order chi connectivity index (χ1) is 13.8. The monoisotopic (exact) mass is 622 g/mol. The van der Waals surface area contributed by atoms with Gasteiger partial charge in [-0.25, -0.2) is 5.43 Å². The van der Waals surface area contributed by atoms with Gasteiger partial charge in [0, 0.05) is 10.0 Å². The molecule has 0 saturated heterocycles. The Morgan fingerprint density at radius 1 is 1.14 bits per heavy atom. The van der Waals surface area contributed by atoms with Crippen LogP contribution in [0.3, 0.4) is 0 Å². The van der Waals surface area contributed by atoms with Crippen LogP contribution in [0.2, 0.25) is 10.0 Å². The van der Waals surface area contributed by atoms with Crippen LogP contribution in [0.15, 0.2) is 65.4 Å². The van der Waals surface area contributed by atoms with Gasteiger partial charge in [-0.3, -0.25) is 4.79 Å². The minimum Gasteiger partial charge on any atom is -0.481 e. The van der Waals surface area contributed by atoms with Crippen molar-refractivity contribution in [1.82, 2.24) is 5.43 Å². The van der Waals surface area contributed by atoms with E-state index in [1.54, 1.807) is 30.3 Å². The lowest BCUT2D eigenvalue weighted by molar-refractivity contribution is -0.123. The lowest BCUT2D eigenvalue weighted by Gasteiger charge is -2.09. The third-order valence-corrected chi connectivity index (χ3v) is 5.99. The topological polar surface area (TPSA) is 63.8 Å². The Bertz CT molecular complexity index is 1060. The second kappa shape index (κ2) is 10.1. The molecule has 1 N–H and O–H groups in total. The second-order valence-electron chi connectivity index (χ2n) is 5.58. The molecule has 0 spiro atoms. The maximum atomic E-state index is 12.0. The maximum Gasteiger partial charge on any atom is 0.277 e. The molecular weight excluding hydrogens is 615 g/mol. The maximum absolute atomic E-state index is 12.0. The third-order valence-electron chi connectivity index (χ3n) is 3.54. The molecule has 1 heterocycles. The van der Waals surface area contributed by atoms with Gasteiger partial charge < -0.3 is 9.15 Å². The summed E-state index contributed by atoms with van der Waals surface area (Å²) in [5, 5.41) is 4.71. The highest BCUT2D eigenvalue weighted by Gasteiger charge is 2.12. The average Bonchev–Trinajstić information content (AvgIpc) is 3.11. The Balaban J connectivity index is 1.57. The van der Waals surface area contributed by atoms with E-state index in [-0.39, 0.29) is 6.61 Å². The van der Waals surface area contributed by atoms with Crippen LogP contribution in [0, 0.1) is 0 Å². The lowest BCUT2D eigenvalue weighted by atomic mass is 10.2. The smallest absolute Gasteiger partial charge is 0.277 e. The number of furan rings is 1. The summed E-state index contributed by atoms with van der Waals surface area (Å²) in [6, 6.07) is 12.4. The number of hydrogen-bond donors (Lipinski definition) is 1. The molecule has 29 heavy (non-hydrogen) atoms. The van der Waals surface area contributed by atoms with Gasteiger partial charge in [0.1, 0.15) is 17.3 Å². The zero-order valence-electron chi connectivity index (χ0n) is 14.4. The van der Waals surface area contributed by atoms with Gasteiger partial charge in [-0.15, -0.1) is 0 Å². The number of halogens is 5. The van der Waals surface area contributed by atoms with Crippen molar-refractivity contribution < 1.29 is 13.9 Å². The van der Waals surface area contributed by atoms with Crippen molar-refractivity contribution in [3.8, 4) is 17.1 Å². The summed E-state index contributed by atoms with van der Waals surface area (Å²) < 4.78 is 13.5. The summed E-state index contributed by atoms with van der Waals surface area (Å²) >= 11 is 22.4. The molecule has 0 fully saturated rings. The van der Waals surface area contributed by atoms with Crippen LogP contribution >= 0.6 is 71.0 Å². The number of hydrogen-bond acceptors (Lipinski definition) is 4. The first-order valence-electron chi connectivity index (χ1n) is 7.98. The summed E-state index contributed by atoms with van der Waals surface area (Å²) in [5.74, 6) is 1.07. The summed E-state index contributed by atoms with van der Waals surface area (Å²) in [6.07, 6.45) is 1.38. The number of carbonyl (C=O) groups is 1. The van der Waals surface area contributed by atoms with E-state index < -0.39 is 5.91 Å². The van der Waals surface area contributed by atoms with Crippen LogP contribution in [-0.4, -0.2) is 18.7 Å². The predicted molar refractivity (Wildman–Crippen MR) is 125 cm³/mol. The number of benzene rings is 2. The van der Waals surface area contributed by atoms with E-state index in [0.29, 0.717) is 41.8 Å². The van der Waals surface area contributed by atoms with Crippen LogP contribution in [0.25, 0.3) is 11.3 Å². The van der Waals surface area contributed by atoms with Gasteiger partial charge in [0.15, 0.2) is 6.61 Å². The molecule has 1 amide bonds. The molecule has 1 aromatic heterocycles. The van der Waals surface area contributed by atoms with Gasteiger partial charge in [-0.05, 0) is 68.3 Å². The van der Waals surface area contributed by atoms with Crippen LogP contribution in [0.1, 0.15) is 5.76 Å². The lowest BCUT2D eigenvalue weighted by Crippen LogP contribution is -2.24. The van der Waals surface area contributed by atoms with Crippen molar-refractivity contribution >= 4 is 83.1 Å². The SMILES string of the molecule is O=C(COc1c(Br)cc(Br)cc1Br)NN=Cc1ccc(-c2cccc(Cl)c2Cl)o1. The Labute approximate surface area is 201 Å². The minimum atomic E-state index is -0.423. The fourth-order valence-electron chi connectivity index (χ4n) is 2.27. The van der Waals surface area contributed by atoms with E-state index in [1.807, 2.05) is 12.1 Å². The van der Waals surface area contributed by atoms with Gasteiger partial charge in [0.05, 0.1) is 25.2 Å². The highest BCUT2D eigenvalue weighted by molar-refractivity contribution is 9.11. The molecule has 2 aromatic carbocycles. The van der Waals surface area contributed by atoms with E-state index in [9.17, 15) is 4.79 Å². The number of ether oxygens (including phenoxy) is 1. The number of rotatable bonds is 6. The number of nitrogens with one attached hydrogen (secondary N) is 1. The van der Waals surface area contributed by atoms with Gasteiger partial charge in [-0.2, -0.15) is 5.10 Å². The van der Waals surface area contributed by atoms with Crippen LogP contribution < -0.4 is 10.2 Å². The summed E-state index contributed by atoms with van der Waals surface area (Å²) in [7, 11) is 0. The number of nitrogens with zero attached hydrogens (tertiary/aromatic N) is 1. The summed E-state index contributed by atoms with van der Waals surface area (Å²) in [6.45, 7) is -0.211. The van der Waals surface area contributed by atoms with Crippen molar-refractivity contribution in [1.29, 1.82) is 0 Å². The highest BCUT2D eigenvalue weighted by Crippen LogP contribution is 2.36. The summed E-state index contributed by atoms with van der Waals surface area (Å²) in [5.41, 5.74) is 3.05. The predicted octanol–water partition coefficient (Wildman–Crippen LogP) is 7.07. The molecule has 0 aliphatic heterocycles. The van der Waals surface area contributed by atoms with Gasteiger partial charge >= 0.3 is 0 Å². The standard InChI is InChI=1S/C19H11Br3Cl2N2O3/c20-10-6-13(21)19(14(22)7-10)28-9-17(27)26-25-8-11-4-5-16(29-11)12-2-1-3-15(23)18(12)24/h1-8H,9H2,(H,26,27). The Morgan fingerprint density at radius 3 is 2.59 bits per heavy atom. The van der Waals surface area contributed by atoms with E-state index in [4.69, 9.17) is 32.4 Å². The molecule has 0 atom stereocenters. The first-order valence-corrected chi connectivity index (χ1v) is 11.1. The number of carbonyl (C=O) groups excluding carboxylic acids is 1. The largest absolute Gasteiger partial charge is 0.481 e. The zero-order chi connectivity index (χ0) is 21.0. The molecule has 0 aliphatic rings. The van der Waals surface area contributed by atoms with E-state index >= 15 is 0 Å². The van der Waals surface area contributed by atoms with Crippen LogP contribution in [0.4, 0.5) is 0 Å². The van der Waals surface area contributed by atoms with Crippen molar-refractivity contribution in [2.45, 2.75) is 0 Å². The first kappa shape index (κ1) is 22.4. The molecule has 0 saturated carbocycles. The molecule has 0 aliphatic carbocycles. The van der Waals surface area contributed by atoms with Gasteiger partial charge in [0.25, 0.3) is 5.91 Å². The third kappa shape index (κ3) is 5.86. The molecule has 150 valence electrons. The molecule has 0 radical (unpaired) electrons. The molecule has 3 rings (SSSR count). The van der Waals surface area contributed by atoms with Crippen LogP contribution in [-0.2, 0) is 4.79 Å². The average molecular weight is 626 g/mol. The quantitative estimate of drug-likeness (QED) is 0.236. The molecule has 0 bridgehead atoms. The number of amides is 1. The zero-order valence-corrected chi connectivity index (χ0v) is 20.7. The van der Waals surface area contributed by atoms with E-state index in [1.165, 1.54) is 6.21 Å². The Kier molecular flexibility index (Phi) is 7.81. The molecule has 5 nitrogen and oxygen atoms in total. The molecule has 0 unspecified atom stereocenters. The van der Waals surface area contributed by atoms with Crippen molar-refractivity contribution in [2.24, 2.45) is 5.10 Å². The fraction of sp³-hybridized carbons (Fsp3) is 0.0526. The molecular formula is C19H11Br3Cl2N2O3. The normalized spacial score (nSPS) is 11.1. The minimum absolute atomic E-state index is 0.211. The Hall–Kier alpha value is -1.32. The highest BCUT2D eigenvalue weighted by atomic mass is 79.9. The Morgan fingerprint density at radius 2 is 1.86 bits per heavy atom. The van der Waals surface area contributed by atoms with Crippen LogP contribution in [0.5, 0.6) is 5.75 Å². The summed E-state index contributed by atoms with van der Waals surface area (Å²) in [4.78, 5) is 12.0. The molecule has 3 aromatic rings. The number of hydrazone groups is 1. The fourth-order valence-corrected chi connectivity index (χ4v) is 5.15. The van der Waals surface area contributed by atoms with Crippen molar-refractivity contribution in [2.75, 3.05) is 6.61 Å². The van der Waals surface area contributed by atoms with Crippen molar-refractivity contribution in [3.63, 3.8) is 0 Å². The van der Waals surface area contributed by atoms with Gasteiger partial charge in [-0.1, -0.05) is 45.2 Å².